The maximum absolute atomic E-state index is 11.5. The zero-order valence-electron chi connectivity index (χ0n) is 14.6. The Labute approximate surface area is 148 Å². The molecule has 25 heavy (non-hydrogen) atoms. The third-order valence-electron chi connectivity index (χ3n) is 3.56. The molecule has 0 fully saturated rings. The van der Waals surface area contributed by atoms with Gasteiger partial charge in [0.05, 0.1) is 30.1 Å². The lowest BCUT2D eigenvalue weighted by atomic mass is 10.1. The van der Waals surface area contributed by atoms with Crippen LogP contribution in [0, 0.1) is 0 Å². The number of nitrogens with one attached hydrogen (secondary N) is 2. The van der Waals surface area contributed by atoms with Crippen molar-refractivity contribution in [1.82, 2.24) is 10.3 Å². The quantitative estimate of drug-likeness (QED) is 0.506. The van der Waals surface area contributed by atoms with Crippen molar-refractivity contribution in [3.8, 4) is 0 Å². The number of carbonyl (C=O) groups is 1. The van der Waals surface area contributed by atoms with E-state index >= 15 is 0 Å². The third kappa shape index (κ3) is 5.53. The van der Waals surface area contributed by atoms with Crippen LogP contribution in [0.1, 0.15) is 24.6 Å². The normalized spacial score (nSPS) is 11.0. The maximum Gasteiger partial charge on any atom is 0.307 e. The summed E-state index contributed by atoms with van der Waals surface area (Å²) in [7, 11) is 1.83. The Morgan fingerprint density at radius 3 is 2.80 bits per heavy atom. The Hall–Kier alpha value is -3.02. The van der Waals surface area contributed by atoms with Gasteiger partial charge in [-0.1, -0.05) is 12.1 Å². The zero-order chi connectivity index (χ0) is 18.1. The van der Waals surface area contributed by atoms with E-state index in [4.69, 9.17) is 10.5 Å². The van der Waals surface area contributed by atoms with Crippen LogP contribution >= 0.6 is 0 Å². The van der Waals surface area contributed by atoms with Crippen LogP contribution in [0.2, 0.25) is 0 Å². The molecule has 0 saturated heterocycles. The maximum atomic E-state index is 11.5. The Balaban J connectivity index is 2.21. The molecule has 0 aliphatic rings. The van der Waals surface area contributed by atoms with Crippen LogP contribution in [0.3, 0.4) is 0 Å². The van der Waals surface area contributed by atoms with Crippen LogP contribution in [0.4, 0.5) is 11.4 Å². The fourth-order valence-corrected chi connectivity index (χ4v) is 2.34. The van der Waals surface area contributed by atoms with Crippen molar-refractivity contribution in [3.05, 3.63) is 53.9 Å². The topological polar surface area (TPSA) is 89.3 Å². The number of carbonyl (C=O) groups excluding carboxylic acids is 1. The molecule has 0 radical (unpaired) electrons. The van der Waals surface area contributed by atoms with Crippen LogP contribution < -0.4 is 16.4 Å². The summed E-state index contributed by atoms with van der Waals surface area (Å²) in [6.45, 7) is 2.65. The number of nitrogens with zero attached hydrogens (tertiary/aromatic N) is 1. The van der Waals surface area contributed by atoms with Crippen LogP contribution in [0.25, 0.3) is 11.8 Å². The van der Waals surface area contributed by atoms with Gasteiger partial charge in [-0.2, -0.15) is 0 Å². The predicted molar refractivity (Wildman–Crippen MR) is 102 cm³/mol. The fourth-order valence-electron chi connectivity index (χ4n) is 2.34. The molecule has 0 aliphatic heterocycles. The lowest BCUT2D eigenvalue weighted by Crippen LogP contribution is -2.18. The first-order chi connectivity index (χ1) is 12.1. The van der Waals surface area contributed by atoms with E-state index in [2.05, 4.69) is 15.6 Å². The number of hydrogen-bond acceptors (Lipinski definition) is 6. The van der Waals surface area contributed by atoms with Gasteiger partial charge in [0.2, 0.25) is 0 Å². The van der Waals surface area contributed by atoms with Crippen LogP contribution in [0.15, 0.2) is 42.6 Å². The smallest absolute Gasteiger partial charge is 0.307 e. The summed E-state index contributed by atoms with van der Waals surface area (Å²) in [5.74, 6) is -0.225. The Morgan fingerprint density at radius 1 is 1.32 bits per heavy atom. The average Bonchev–Trinajstić information content (AvgIpc) is 2.62. The second-order valence-corrected chi connectivity index (χ2v) is 5.35. The van der Waals surface area contributed by atoms with Crippen molar-refractivity contribution in [2.24, 2.45) is 0 Å². The van der Waals surface area contributed by atoms with Crippen molar-refractivity contribution in [2.45, 2.75) is 13.3 Å². The molecule has 0 saturated carbocycles. The number of aromatic nitrogens is 1. The standard InChI is InChI=1S/C19H24N4O2/c1-3-25-19(24)9-11-23-18(13-15-6-4-5-10-22-15)14-7-8-17(21-2)16(20)12-14/h4-8,10,12-13,21,23H,3,9,11,20H2,1-2H3/b18-13-. The number of ether oxygens (including phenoxy) is 1. The first-order valence-corrected chi connectivity index (χ1v) is 8.24. The van der Waals surface area contributed by atoms with Gasteiger partial charge in [0.15, 0.2) is 0 Å². The number of nitrogen functional groups attached to an aromatic ring is 1. The number of anilines is 2. The minimum absolute atomic E-state index is 0.225. The van der Waals surface area contributed by atoms with Crippen molar-refractivity contribution < 1.29 is 9.53 Å². The van der Waals surface area contributed by atoms with Crippen molar-refractivity contribution >= 4 is 29.1 Å². The highest BCUT2D eigenvalue weighted by molar-refractivity contribution is 5.83. The van der Waals surface area contributed by atoms with E-state index in [0.29, 0.717) is 18.8 Å². The molecule has 0 atom stereocenters. The number of nitrogens with two attached hydrogens (primary N) is 1. The molecule has 0 unspecified atom stereocenters. The van der Waals surface area contributed by atoms with Crippen molar-refractivity contribution in [2.75, 3.05) is 31.2 Å². The van der Waals surface area contributed by atoms with Crippen molar-refractivity contribution in [3.63, 3.8) is 0 Å². The predicted octanol–water partition coefficient (Wildman–Crippen LogP) is 2.75. The lowest BCUT2D eigenvalue weighted by Gasteiger charge is -2.14. The highest BCUT2D eigenvalue weighted by atomic mass is 16.5. The van der Waals surface area contributed by atoms with Crippen LogP contribution in [-0.4, -0.2) is 31.2 Å². The summed E-state index contributed by atoms with van der Waals surface area (Å²) in [5.41, 5.74) is 10.2. The van der Waals surface area contributed by atoms with E-state index in [1.807, 2.05) is 49.5 Å². The largest absolute Gasteiger partial charge is 0.466 e. The molecule has 1 aromatic carbocycles. The van der Waals surface area contributed by atoms with Crippen molar-refractivity contribution in [1.29, 1.82) is 0 Å². The lowest BCUT2D eigenvalue weighted by molar-refractivity contribution is -0.142. The fraction of sp³-hybridized carbons (Fsp3) is 0.263. The molecular formula is C19H24N4O2. The van der Waals surface area contributed by atoms with Gasteiger partial charge in [0.25, 0.3) is 0 Å². The Morgan fingerprint density at radius 2 is 2.16 bits per heavy atom. The van der Waals surface area contributed by atoms with Gasteiger partial charge in [-0.05, 0) is 42.8 Å². The second kappa shape index (κ2) is 9.32. The number of esters is 1. The molecule has 1 aromatic heterocycles. The molecule has 0 amide bonds. The highest BCUT2D eigenvalue weighted by Gasteiger charge is 2.07. The van der Waals surface area contributed by atoms with Gasteiger partial charge < -0.3 is 21.1 Å². The Bertz CT molecular complexity index is 729. The summed E-state index contributed by atoms with van der Waals surface area (Å²) in [6, 6.07) is 11.5. The van der Waals surface area contributed by atoms with Gasteiger partial charge in [0.1, 0.15) is 0 Å². The van der Waals surface area contributed by atoms with Crippen LogP contribution in [-0.2, 0) is 9.53 Å². The molecule has 4 N–H and O–H groups in total. The van der Waals surface area contributed by atoms with E-state index in [0.717, 1.165) is 22.6 Å². The van der Waals surface area contributed by atoms with E-state index in [9.17, 15) is 4.79 Å². The summed E-state index contributed by atoms with van der Waals surface area (Å²) in [4.78, 5) is 15.9. The number of benzene rings is 1. The Kier molecular flexibility index (Phi) is 6.83. The zero-order valence-corrected chi connectivity index (χ0v) is 14.6. The summed E-state index contributed by atoms with van der Waals surface area (Å²) < 4.78 is 4.96. The first-order valence-electron chi connectivity index (χ1n) is 8.24. The average molecular weight is 340 g/mol. The molecule has 6 heteroatoms. The number of pyridine rings is 1. The van der Waals surface area contributed by atoms with E-state index in [1.165, 1.54) is 0 Å². The molecule has 0 spiro atoms. The molecule has 0 bridgehead atoms. The first kappa shape index (κ1) is 18.3. The van der Waals surface area contributed by atoms with E-state index in [-0.39, 0.29) is 12.4 Å². The molecule has 0 aliphatic carbocycles. The minimum Gasteiger partial charge on any atom is -0.466 e. The van der Waals surface area contributed by atoms with Gasteiger partial charge in [-0.3, -0.25) is 9.78 Å². The van der Waals surface area contributed by atoms with Gasteiger partial charge in [0, 0.05) is 25.5 Å². The third-order valence-corrected chi connectivity index (χ3v) is 3.56. The van der Waals surface area contributed by atoms with Crippen LogP contribution in [0.5, 0.6) is 0 Å². The van der Waals surface area contributed by atoms with Gasteiger partial charge in [-0.25, -0.2) is 0 Å². The summed E-state index contributed by atoms with van der Waals surface area (Å²) in [6.07, 6.45) is 3.96. The van der Waals surface area contributed by atoms with Gasteiger partial charge in [-0.15, -0.1) is 0 Å². The molecule has 1 heterocycles. The summed E-state index contributed by atoms with van der Waals surface area (Å²) in [5, 5.41) is 6.33. The van der Waals surface area contributed by atoms with E-state index < -0.39 is 0 Å². The van der Waals surface area contributed by atoms with Gasteiger partial charge >= 0.3 is 5.97 Å². The monoisotopic (exact) mass is 340 g/mol. The molecular weight excluding hydrogens is 316 g/mol. The second-order valence-electron chi connectivity index (χ2n) is 5.35. The molecule has 2 rings (SSSR count). The van der Waals surface area contributed by atoms with E-state index in [1.54, 1.807) is 13.1 Å². The number of hydrogen-bond donors (Lipinski definition) is 3. The SMILES string of the molecule is CCOC(=O)CCN/C(=C\c1ccccn1)c1ccc(NC)c(N)c1. The summed E-state index contributed by atoms with van der Waals surface area (Å²) >= 11 is 0. The number of rotatable bonds is 8. The molecule has 6 nitrogen and oxygen atoms in total. The minimum atomic E-state index is -0.225. The molecule has 2 aromatic rings. The molecule has 132 valence electrons. The highest BCUT2D eigenvalue weighted by Crippen LogP contribution is 2.24.